The van der Waals surface area contributed by atoms with Crippen molar-refractivity contribution >= 4 is 33.9 Å². The Kier molecular flexibility index (Phi) is 3.12. The average molecular weight is 237 g/mol. The normalized spacial score (nSPS) is 10.6. The molecule has 0 atom stereocenters. The second kappa shape index (κ2) is 4.55. The third kappa shape index (κ3) is 1.89. The largest absolute Gasteiger partial charge is 0.397 e. The van der Waals surface area contributed by atoms with Gasteiger partial charge in [-0.3, -0.25) is 0 Å². The van der Waals surface area contributed by atoms with E-state index in [1.807, 2.05) is 12.1 Å². The second-order valence-electron chi connectivity index (χ2n) is 3.43. The van der Waals surface area contributed by atoms with Crippen molar-refractivity contribution in [2.45, 2.75) is 0 Å². The van der Waals surface area contributed by atoms with Crippen LogP contribution < -0.4 is 16.8 Å². The lowest BCUT2D eigenvalue weighted by Crippen LogP contribution is -2.14. The molecule has 0 amide bonds. The molecule has 0 saturated heterocycles. The SMILES string of the molecule is NCCNc1nccc2c(N)c(Cl)ccc12. The van der Waals surface area contributed by atoms with Gasteiger partial charge in [0.15, 0.2) is 0 Å². The summed E-state index contributed by atoms with van der Waals surface area (Å²) in [7, 11) is 0. The van der Waals surface area contributed by atoms with E-state index in [2.05, 4.69) is 10.3 Å². The molecule has 2 aromatic rings. The number of anilines is 2. The first kappa shape index (κ1) is 11.0. The van der Waals surface area contributed by atoms with Crippen molar-refractivity contribution in [1.82, 2.24) is 4.98 Å². The van der Waals surface area contributed by atoms with Crippen molar-refractivity contribution in [1.29, 1.82) is 0 Å². The Balaban J connectivity index is 2.56. The van der Waals surface area contributed by atoms with E-state index >= 15 is 0 Å². The minimum absolute atomic E-state index is 0.557. The molecular weight excluding hydrogens is 224 g/mol. The zero-order valence-corrected chi connectivity index (χ0v) is 9.46. The molecule has 0 unspecified atom stereocenters. The number of pyridine rings is 1. The van der Waals surface area contributed by atoms with Crippen LogP contribution >= 0.6 is 11.6 Å². The Morgan fingerprint density at radius 1 is 1.25 bits per heavy atom. The molecule has 1 aromatic heterocycles. The molecule has 0 bridgehead atoms. The topological polar surface area (TPSA) is 77.0 Å². The van der Waals surface area contributed by atoms with Crippen LogP contribution in [0.3, 0.4) is 0 Å². The number of rotatable bonds is 3. The summed E-state index contributed by atoms with van der Waals surface area (Å²) in [5.41, 5.74) is 11.9. The minimum Gasteiger partial charge on any atom is -0.397 e. The third-order valence-electron chi connectivity index (χ3n) is 2.37. The van der Waals surface area contributed by atoms with Gasteiger partial charge in [0.05, 0.1) is 10.7 Å². The monoisotopic (exact) mass is 236 g/mol. The molecule has 0 aliphatic heterocycles. The van der Waals surface area contributed by atoms with Crippen molar-refractivity contribution in [3.63, 3.8) is 0 Å². The third-order valence-corrected chi connectivity index (χ3v) is 2.70. The maximum Gasteiger partial charge on any atom is 0.133 e. The molecule has 0 fully saturated rings. The molecular formula is C11H13ClN4. The maximum atomic E-state index is 5.96. The molecule has 5 heteroatoms. The van der Waals surface area contributed by atoms with E-state index in [1.54, 1.807) is 12.3 Å². The van der Waals surface area contributed by atoms with Crippen LogP contribution in [-0.2, 0) is 0 Å². The number of fused-ring (bicyclic) bond motifs is 1. The van der Waals surface area contributed by atoms with Crippen LogP contribution in [0.15, 0.2) is 24.4 Å². The van der Waals surface area contributed by atoms with E-state index < -0.39 is 0 Å². The first-order valence-corrected chi connectivity index (χ1v) is 5.38. The second-order valence-corrected chi connectivity index (χ2v) is 3.84. The van der Waals surface area contributed by atoms with E-state index in [9.17, 15) is 0 Å². The summed E-state index contributed by atoms with van der Waals surface area (Å²) in [6, 6.07) is 5.53. The summed E-state index contributed by atoms with van der Waals surface area (Å²) in [6.07, 6.45) is 1.70. The average Bonchev–Trinajstić information content (AvgIpc) is 2.31. The number of hydrogen-bond acceptors (Lipinski definition) is 4. The van der Waals surface area contributed by atoms with Gasteiger partial charge in [-0.2, -0.15) is 0 Å². The number of nitrogens with two attached hydrogens (primary N) is 2. The van der Waals surface area contributed by atoms with E-state index in [1.165, 1.54) is 0 Å². The van der Waals surface area contributed by atoms with E-state index in [0.29, 0.717) is 23.8 Å². The minimum atomic E-state index is 0.557. The fourth-order valence-electron chi connectivity index (χ4n) is 1.58. The zero-order chi connectivity index (χ0) is 11.5. The summed E-state index contributed by atoms with van der Waals surface area (Å²) in [6.45, 7) is 1.23. The number of aromatic nitrogens is 1. The lowest BCUT2D eigenvalue weighted by molar-refractivity contribution is 1.02. The molecule has 5 N–H and O–H groups in total. The molecule has 1 heterocycles. The summed E-state index contributed by atoms with van der Waals surface area (Å²) in [4.78, 5) is 4.25. The predicted molar refractivity (Wildman–Crippen MR) is 68.7 cm³/mol. The highest BCUT2D eigenvalue weighted by Crippen LogP contribution is 2.31. The molecule has 0 aliphatic carbocycles. The number of nitrogen functional groups attached to an aromatic ring is 1. The molecule has 4 nitrogen and oxygen atoms in total. The molecule has 0 saturated carbocycles. The molecule has 84 valence electrons. The fraction of sp³-hybridized carbons (Fsp3) is 0.182. The van der Waals surface area contributed by atoms with E-state index in [-0.39, 0.29) is 0 Å². The molecule has 16 heavy (non-hydrogen) atoms. The van der Waals surface area contributed by atoms with E-state index in [4.69, 9.17) is 23.1 Å². The van der Waals surface area contributed by atoms with Gasteiger partial charge in [-0.15, -0.1) is 0 Å². The van der Waals surface area contributed by atoms with E-state index in [0.717, 1.165) is 16.6 Å². The smallest absolute Gasteiger partial charge is 0.133 e. The van der Waals surface area contributed by atoms with Gasteiger partial charge in [0.2, 0.25) is 0 Å². The van der Waals surface area contributed by atoms with Crippen molar-refractivity contribution in [3.8, 4) is 0 Å². The Morgan fingerprint density at radius 3 is 2.81 bits per heavy atom. The summed E-state index contributed by atoms with van der Waals surface area (Å²) in [5.74, 6) is 0.784. The summed E-state index contributed by atoms with van der Waals surface area (Å²) < 4.78 is 0. The highest BCUT2D eigenvalue weighted by molar-refractivity contribution is 6.34. The first-order chi connectivity index (χ1) is 7.74. The van der Waals surface area contributed by atoms with Gasteiger partial charge >= 0.3 is 0 Å². The van der Waals surface area contributed by atoms with Gasteiger partial charge in [0.1, 0.15) is 5.82 Å². The number of benzene rings is 1. The van der Waals surface area contributed by atoms with Crippen molar-refractivity contribution < 1.29 is 0 Å². The van der Waals surface area contributed by atoms with Crippen LogP contribution in [-0.4, -0.2) is 18.1 Å². The van der Waals surface area contributed by atoms with Gasteiger partial charge in [0, 0.05) is 30.1 Å². The van der Waals surface area contributed by atoms with Gasteiger partial charge in [0.25, 0.3) is 0 Å². The number of nitrogens with zero attached hydrogens (tertiary/aromatic N) is 1. The fourth-order valence-corrected chi connectivity index (χ4v) is 1.75. The predicted octanol–water partition coefficient (Wildman–Crippen LogP) is 1.84. The highest BCUT2D eigenvalue weighted by atomic mass is 35.5. The highest BCUT2D eigenvalue weighted by Gasteiger charge is 2.06. The number of hydrogen-bond donors (Lipinski definition) is 3. The van der Waals surface area contributed by atoms with Crippen molar-refractivity contribution in [2.75, 3.05) is 24.1 Å². The maximum absolute atomic E-state index is 5.96. The number of nitrogens with one attached hydrogen (secondary N) is 1. The lowest BCUT2D eigenvalue weighted by atomic mass is 10.1. The Labute approximate surface area is 98.6 Å². The Bertz CT molecular complexity index is 513. The Hall–Kier alpha value is -1.52. The van der Waals surface area contributed by atoms with Crippen LogP contribution in [0.25, 0.3) is 10.8 Å². The molecule has 0 spiro atoms. The summed E-state index contributed by atoms with van der Waals surface area (Å²) in [5, 5.41) is 5.57. The van der Waals surface area contributed by atoms with Crippen molar-refractivity contribution in [2.24, 2.45) is 5.73 Å². The molecule has 0 aliphatic rings. The van der Waals surface area contributed by atoms with Gasteiger partial charge < -0.3 is 16.8 Å². The number of halogens is 1. The van der Waals surface area contributed by atoms with Crippen LogP contribution in [0, 0.1) is 0 Å². The van der Waals surface area contributed by atoms with Crippen LogP contribution in [0.5, 0.6) is 0 Å². The Morgan fingerprint density at radius 2 is 2.06 bits per heavy atom. The van der Waals surface area contributed by atoms with Crippen LogP contribution in [0.4, 0.5) is 11.5 Å². The van der Waals surface area contributed by atoms with Gasteiger partial charge in [-0.05, 0) is 18.2 Å². The standard InChI is InChI=1S/C11H13ClN4/c12-9-2-1-8-7(10(9)14)3-5-15-11(8)16-6-4-13/h1-3,5H,4,6,13-14H2,(H,15,16). The lowest BCUT2D eigenvalue weighted by Gasteiger charge is -2.09. The van der Waals surface area contributed by atoms with Crippen LogP contribution in [0.1, 0.15) is 0 Å². The molecule has 2 rings (SSSR count). The zero-order valence-electron chi connectivity index (χ0n) is 8.70. The van der Waals surface area contributed by atoms with Gasteiger partial charge in [-0.1, -0.05) is 11.6 Å². The van der Waals surface area contributed by atoms with Crippen molar-refractivity contribution in [3.05, 3.63) is 29.4 Å². The molecule has 1 aromatic carbocycles. The quantitative estimate of drug-likeness (QED) is 0.711. The first-order valence-electron chi connectivity index (χ1n) is 5.00. The summed E-state index contributed by atoms with van der Waals surface area (Å²) >= 11 is 5.96. The van der Waals surface area contributed by atoms with Crippen LogP contribution in [0.2, 0.25) is 5.02 Å². The van der Waals surface area contributed by atoms with Gasteiger partial charge in [-0.25, -0.2) is 4.98 Å². The molecule has 0 radical (unpaired) electrons.